The minimum Gasteiger partial charge on any atom is -0.335 e. The fraction of sp³-hybridized carbons (Fsp3) is 0.500. The van der Waals surface area contributed by atoms with Gasteiger partial charge in [0.2, 0.25) is 0 Å². The van der Waals surface area contributed by atoms with Crippen LogP contribution in [0, 0.1) is 13.8 Å². The fourth-order valence-electron chi connectivity index (χ4n) is 2.14. The molecule has 0 atom stereocenters. The molecular weight excluding hydrogens is 226 g/mol. The Kier molecular flexibility index (Phi) is 4.20. The summed E-state index contributed by atoms with van der Waals surface area (Å²) in [6, 6.07) is 6.14. The molecule has 1 aromatic carbocycles. The molecule has 2 amide bonds. The molecule has 0 aliphatic carbocycles. The first-order chi connectivity index (χ1) is 8.65. The summed E-state index contributed by atoms with van der Waals surface area (Å²) in [5.41, 5.74) is 3.28. The van der Waals surface area contributed by atoms with Crippen LogP contribution in [0.3, 0.4) is 0 Å². The smallest absolute Gasteiger partial charge is 0.319 e. The predicted octanol–water partition coefficient (Wildman–Crippen LogP) is 2.18. The van der Waals surface area contributed by atoms with E-state index in [4.69, 9.17) is 0 Å². The van der Waals surface area contributed by atoms with E-state index in [2.05, 4.69) is 22.9 Å². The number of rotatable bonds is 2. The maximum Gasteiger partial charge on any atom is 0.319 e. The van der Waals surface area contributed by atoms with Crippen molar-refractivity contribution in [1.29, 1.82) is 0 Å². The second-order valence-electron chi connectivity index (χ2n) is 4.92. The van der Waals surface area contributed by atoms with Crippen LogP contribution < -0.4 is 16.0 Å². The minimum atomic E-state index is -0.106. The number of nitrogens with one attached hydrogen (secondary N) is 3. The number of aryl methyl sites for hydroxylation is 2. The van der Waals surface area contributed by atoms with Crippen LogP contribution in [-0.2, 0) is 0 Å². The molecule has 98 valence electrons. The zero-order valence-corrected chi connectivity index (χ0v) is 11.0. The van der Waals surface area contributed by atoms with Crippen LogP contribution in [0.25, 0.3) is 0 Å². The molecule has 1 saturated heterocycles. The number of urea groups is 1. The summed E-state index contributed by atoms with van der Waals surface area (Å²) in [4.78, 5) is 11.8. The average molecular weight is 247 g/mol. The molecule has 0 radical (unpaired) electrons. The first kappa shape index (κ1) is 12.9. The van der Waals surface area contributed by atoms with E-state index in [0.29, 0.717) is 0 Å². The Morgan fingerprint density at radius 3 is 2.61 bits per heavy atom. The van der Waals surface area contributed by atoms with Crippen LogP contribution in [0.4, 0.5) is 10.5 Å². The van der Waals surface area contributed by atoms with E-state index < -0.39 is 0 Å². The standard InChI is InChI=1S/C14H21N3O/c1-10-3-4-13(9-11(10)2)17-14(18)16-12-5-7-15-8-6-12/h3-4,9,12,15H,5-8H2,1-2H3,(H2,16,17,18). The molecule has 0 bridgehead atoms. The highest BCUT2D eigenvalue weighted by molar-refractivity contribution is 5.89. The first-order valence-corrected chi connectivity index (χ1v) is 6.50. The Labute approximate surface area is 108 Å². The van der Waals surface area contributed by atoms with Crippen molar-refractivity contribution in [2.45, 2.75) is 32.7 Å². The summed E-state index contributed by atoms with van der Waals surface area (Å²) in [6.07, 6.45) is 2.00. The highest BCUT2D eigenvalue weighted by atomic mass is 16.2. The highest BCUT2D eigenvalue weighted by Gasteiger charge is 2.15. The van der Waals surface area contributed by atoms with Crippen molar-refractivity contribution in [2.75, 3.05) is 18.4 Å². The normalized spacial score (nSPS) is 16.3. The third-order valence-corrected chi connectivity index (χ3v) is 3.44. The molecule has 3 N–H and O–H groups in total. The second-order valence-corrected chi connectivity index (χ2v) is 4.92. The summed E-state index contributed by atoms with van der Waals surface area (Å²) >= 11 is 0. The van der Waals surface area contributed by atoms with E-state index in [1.807, 2.05) is 25.1 Å². The van der Waals surface area contributed by atoms with Crippen molar-refractivity contribution >= 4 is 11.7 Å². The first-order valence-electron chi connectivity index (χ1n) is 6.50. The minimum absolute atomic E-state index is 0.106. The molecule has 1 aliphatic rings. The van der Waals surface area contributed by atoms with Crippen LogP contribution in [0.15, 0.2) is 18.2 Å². The number of anilines is 1. The van der Waals surface area contributed by atoms with Gasteiger partial charge in [0, 0.05) is 11.7 Å². The fourth-order valence-corrected chi connectivity index (χ4v) is 2.14. The van der Waals surface area contributed by atoms with Gasteiger partial charge in [-0.1, -0.05) is 6.07 Å². The van der Waals surface area contributed by atoms with Crippen LogP contribution in [0.2, 0.25) is 0 Å². The number of piperidine rings is 1. The summed E-state index contributed by atoms with van der Waals surface area (Å²) in [5.74, 6) is 0. The van der Waals surface area contributed by atoms with E-state index in [9.17, 15) is 4.79 Å². The summed E-state index contributed by atoms with van der Waals surface area (Å²) in [5, 5.41) is 9.18. The van der Waals surface area contributed by atoms with Gasteiger partial charge in [-0.3, -0.25) is 0 Å². The van der Waals surface area contributed by atoms with Gasteiger partial charge in [0.1, 0.15) is 0 Å². The molecule has 4 nitrogen and oxygen atoms in total. The number of amides is 2. The van der Waals surface area contributed by atoms with Crippen LogP contribution in [0.5, 0.6) is 0 Å². The Balaban J connectivity index is 1.88. The topological polar surface area (TPSA) is 53.2 Å². The molecular formula is C14H21N3O. The molecule has 4 heteroatoms. The maximum atomic E-state index is 11.8. The molecule has 0 saturated carbocycles. The monoisotopic (exact) mass is 247 g/mol. The average Bonchev–Trinajstić information content (AvgIpc) is 2.35. The SMILES string of the molecule is Cc1ccc(NC(=O)NC2CCNCC2)cc1C. The van der Waals surface area contributed by atoms with Crippen molar-refractivity contribution in [1.82, 2.24) is 10.6 Å². The lowest BCUT2D eigenvalue weighted by Crippen LogP contribution is -2.44. The van der Waals surface area contributed by atoms with Gasteiger partial charge < -0.3 is 16.0 Å². The molecule has 1 fully saturated rings. The van der Waals surface area contributed by atoms with E-state index >= 15 is 0 Å². The predicted molar refractivity (Wildman–Crippen MR) is 74.0 cm³/mol. The number of benzene rings is 1. The van der Waals surface area contributed by atoms with Gasteiger partial charge in [0.15, 0.2) is 0 Å². The summed E-state index contributed by atoms with van der Waals surface area (Å²) in [7, 11) is 0. The highest BCUT2D eigenvalue weighted by Crippen LogP contribution is 2.14. The van der Waals surface area contributed by atoms with Gasteiger partial charge in [-0.15, -0.1) is 0 Å². The quantitative estimate of drug-likeness (QED) is 0.750. The van der Waals surface area contributed by atoms with E-state index in [1.54, 1.807) is 0 Å². The largest absolute Gasteiger partial charge is 0.335 e. The maximum absolute atomic E-state index is 11.8. The third-order valence-electron chi connectivity index (χ3n) is 3.44. The van der Waals surface area contributed by atoms with E-state index in [0.717, 1.165) is 31.6 Å². The Hall–Kier alpha value is -1.55. The second kappa shape index (κ2) is 5.87. The molecule has 1 aliphatic heterocycles. The van der Waals surface area contributed by atoms with Crippen LogP contribution in [0.1, 0.15) is 24.0 Å². The lowest BCUT2D eigenvalue weighted by Gasteiger charge is -2.23. The number of hydrogen-bond donors (Lipinski definition) is 3. The lowest BCUT2D eigenvalue weighted by atomic mass is 10.1. The van der Waals surface area contributed by atoms with E-state index in [-0.39, 0.29) is 12.1 Å². The van der Waals surface area contributed by atoms with Gasteiger partial charge in [0.05, 0.1) is 0 Å². The molecule has 1 aromatic rings. The third kappa shape index (κ3) is 3.47. The van der Waals surface area contributed by atoms with Crippen LogP contribution >= 0.6 is 0 Å². The molecule has 0 unspecified atom stereocenters. The van der Waals surface area contributed by atoms with Crippen molar-refractivity contribution in [3.63, 3.8) is 0 Å². The lowest BCUT2D eigenvalue weighted by molar-refractivity contribution is 0.245. The molecule has 0 spiro atoms. The Morgan fingerprint density at radius 1 is 1.22 bits per heavy atom. The molecule has 2 rings (SSSR count). The molecule has 1 heterocycles. The van der Waals surface area contributed by atoms with Crippen molar-refractivity contribution in [2.24, 2.45) is 0 Å². The Morgan fingerprint density at radius 2 is 1.94 bits per heavy atom. The Bertz CT molecular complexity index is 425. The van der Waals surface area contributed by atoms with Crippen molar-refractivity contribution < 1.29 is 4.79 Å². The van der Waals surface area contributed by atoms with Crippen LogP contribution in [-0.4, -0.2) is 25.2 Å². The van der Waals surface area contributed by atoms with Gasteiger partial charge in [-0.05, 0) is 63.0 Å². The zero-order chi connectivity index (χ0) is 13.0. The molecule has 0 aromatic heterocycles. The molecule has 18 heavy (non-hydrogen) atoms. The van der Waals surface area contributed by atoms with Crippen molar-refractivity contribution in [3.8, 4) is 0 Å². The zero-order valence-electron chi connectivity index (χ0n) is 11.0. The number of carbonyl (C=O) groups is 1. The van der Waals surface area contributed by atoms with Crippen molar-refractivity contribution in [3.05, 3.63) is 29.3 Å². The van der Waals surface area contributed by atoms with Gasteiger partial charge in [-0.2, -0.15) is 0 Å². The van der Waals surface area contributed by atoms with Gasteiger partial charge in [-0.25, -0.2) is 4.79 Å². The van der Waals surface area contributed by atoms with Gasteiger partial charge in [0.25, 0.3) is 0 Å². The summed E-state index contributed by atoms with van der Waals surface area (Å²) < 4.78 is 0. The number of carbonyl (C=O) groups excluding carboxylic acids is 1. The van der Waals surface area contributed by atoms with E-state index in [1.165, 1.54) is 11.1 Å². The van der Waals surface area contributed by atoms with Gasteiger partial charge >= 0.3 is 6.03 Å². The summed E-state index contributed by atoms with van der Waals surface area (Å²) in [6.45, 7) is 6.07. The number of hydrogen-bond acceptors (Lipinski definition) is 2.